The summed E-state index contributed by atoms with van der Waals surface area (Å²) in [6.45, 7) is 6.92. The molecule has 2 aromatic rings. The molecule has 0 aliphatic carbocycles. The molecule has 25 heavy (non-hydrogen) atoms. The maximum Gasteiger partial charge on any atom is 0.224 e. The highest BCUT2D eigenvalue weighted by Crippen LogP contribution is 2.15. The summed E-state index contributed by atoms with van der Waals surface area (Å²) in [6.07, 6.45) is 1.05. The van der Waals surface area contributed by atoms with E-state index in [4.69, 9.17) is 5.11 Å². The summed E-state index contributed by atoms with van der Waals surface area (Å²) in [5, 5.41) is 15.4. The van der Waals surface area contributed by atoms with E-state index in [-0.39, 0.29) is 18.6 Å². The van der Waals surface area contributed by atoms with Crippen LogP contribution in [0.1, 0.15) is 35.6 Å². The topological polar surface area (TPSA) is 61.4 Å². The normalized spacial score (nSPS) is 11.8. The third-order valence-corrected chi connectivity index (χ3v) is 4.38. The molecule has 3 N–H and O–H groups in total. The molecule has 0 aliphatic heterocycles. The second-order valence-electron chi connectivity index (χ2n) is 6.51. The van der Waals surface area contributed by atoms with Gasteiger partial charge in [-0.3, -0.25) is 4.79 Å². The lowest BCUT2D eigenvalue weighted by molar-refractivity contribution is -0.121. The van der Waals surface area contributed by atoms with Crippen molar-refractivity contribution in [3.05, 3.63) is 64.7 Å². The Hall–Kier alpha value is -2.33. The van der Waals surface area contributed by atoms with Crippen LogP contribution in [0.5, 0.6) is 0 Å². The smallest absolute Gasteiger partial charge is 0.224 e. The Balaban J connectivity index is 1.88. The molecule has 0 radical (unpaired) electrons. The summed E-state index contributed by atoms with van der Waals surface area (Å²) in [6, 6.07) is 14.2. The largest absolute Gasteiger partial charge is 0.394 e. The maximum atomic E-state index is 12.0. The number of anilines is 1. The van der Waals surface area contributed by atoms with Crippen LogP contribution in [0.3, 0.4) is 0 Å². The first-order valence-electron chi connectivity index (χ1n) is 8.81. The Kier molecular flexibility index (Phi) is 7.02. The van der Waals surface area contributed by atoms with E-state index < -0.39 is 0 Å². The number of benzene rings is 2. The predicted molar refractivity (Wildman–Crippen MR) is 103 cm³/mol. The van der Waals surface area contributed by atoms with Crippen LogP contribution in [0, 0.1) is 13.8 Å². The number of aliphatic hydroxyl groups excluding tert-OH is 1. The minimum Gasteiger partial charge on any atom is -0.394 e. The SMILES string of the molecule is CCC(CO)NC(=O)Cc1ccc(NCc2ccc(C)cc2C)cc1. The fraction of sp³-hybridized carbons (Fsp3) is 0.381. The summed E-state index contributed by atoms with van der Waals surface area (Å²) in [7, 11) is 0. The molecule has 0 heterocycles. The van der Waals surface area contributed by atoms with Crippen LogP contribution in [0.2, 0.25) is 0 Å². The highest BCUT2D eigenvalue weighted by Gasteiger charge is 2.09. The van der Waals surface area contributed by atoms with Gasteiger partial charge in [0, 0.05) is 12.2 Å². The van der Waals surface area contributed by atoms with Gasteiger partial charge in [-0.25, -0.2) is 0 Å². The molecule has 0 saturated carbocycles. The number of rotatable bonds is 8. The zero-order valence-corrected chi connectivity index (χ0v) is 15.3. The van der Waals surface area contributed by atoms with Crippen molar-refractivity contribution >= 4 is 11.6 Å². The fourth-order valence-electron chi connectivity index (χ4n) is 2.72. The Morgan fingerprint density at radius 2 is 1.84 bits per heavy atom. The van der Waals surface area contributed by atoms with Crippen LogP contribution in [-0.2, 0) is 17.8 Å². The van der Waals surface area contributed by atoms with Gasteiger partial charge >= 0.3 is 0 Å². The molecule has 0 fully saturated rings. The number of carbonyl (C=O) groups excluding carboxylic acids is 1. The molecule has 0 spiro atoms. The Morgan fingerprint density at radius 3 is 2.44 bits per heavy atom. The summed E-state index contributed by atoms with van der Waals surface area (Å²) in [4.78, 5) is 12.0. The molecule has 0 bridgehead atoms. The van der Waals surface area contributed by atoms with Crippen molar-refractivity contribution in [3.8, 4) is 0 Å². The summed E-state index contributed by atoms with van der Waals surface area (Å²) >= 11 is 0. The highest BCUT2D eigenvalue weighted by molar-refractivity contribution is 5.79. The second-order valence-corrected chi connectivity index (χ2v) is 6.51. The minimum atomic E-state index is -0.161. The van der Waals surface area contributed by atoms with Crippen molar-refractivity contribution in [2.24, 2.45) is 0 Å². The first kappa shape index (κ1) is 19.0. The highest BCUT2D eigenvalue weighted by atomic mass is 16.3. The lowest BCUT2D eigenvalue weighted by Crippen LogP contribution is -2.37. The third kappa shape index (κ3) is 5.91. The van der Waals surface area contributed by atoms with Gasteiger partial charge in [-0.2, -0.15) is 0 Å². The van der Waals surface area contributed by atoms with Gasteiger partial charge in [-0.1, -0.05) is 42.8 Å². The van der Waals surface area contributed by atoms with Gasteiger partial charge in [0.2, 0.25) is 5.91 Å². The molecule has 0 saturated heterocycles. The molecule has 4 nitrogen and oxygen atoms in total. The van der Waals surface area contributed by atoms with Crippen molar-refractivity contribution in [2.45, 2.75) is 46.2 Å². The number of carbonyl (C=O) groups is 1. The van der Waals surface area contributed by atoms with E-state index in [0.717, 1.165) is 24.2 Å². The Bertz CT molecular complexity index is 692. The number of aryl methyl sites for hydroxylation is 2. The van der Waals surface area contributed by atoms with E-state index in [2.05, 4.69) is 42.7 Å². The summed E-state index contributed by atoms with van der Waals surface area (Å²) < 4.78 is 0. The zero-order valence-electron chi connectivity index (χ0n) is 15.3. The van der Waals surface area contributed by atoms with E-state index >= 15 is 0 Å². The molecule has 0 aliphatic rings. The van der Waals surface area contributed by atoms with Crippen LogP contribution in [0.4, 0.5) is 5.69 Å². The van der Waals surface area contributed by atoms with Gasteiger partial charge in [-0.05, 0) is 49.1 Å². The van der Waals surface area contributed by atoms with E-state index in [1.165, 1.54) is 16.7 Å². The molecule has 1 amide bonds. The molecule has 2 rings (SSSR count). The van der Waals surface area contributed by atoms with Gasteiger partial charge < -0.3 is 15.7 Å². The molecular weight excluding hydrogens is 312 g/mol. The van der Waals surface area contributed by atoms with Crippen molar-refractivity contribution in [2.75, 3.05) is 11.9 Å². The number of nitrogens with one attached hydrogen (secondary N) is 2. The van der Waals surface area contributed by atoms with E-state index in [1.807, 2.05) is 31.2 Å². The molecular formula is C21H28N2O2. The quantitative estimate of drug-likeness (QED) is 0.691. The van der Waals surface area contributed by atoms with Gasteiger partial charge in [0.05, 0.1) is 19.1 Å². The number of hydrogen-bond donors (Lipinski definition) is 3. The average molecular weight is 340 g/mol. The monoisotopic (exact) mass is 340 g/mol. The van der Waals surface area contributed by atoms with Crippen LogP contribution in [0.15, 0.2) is 42.5 Å². The average Bonchev–Trinajstić information content (AvgIpc) is 2.60. The van der Waals surface area contributed by atoms with Crippen molar-refractivity contribution < 1.29 is 9.90 Å². The number of aliphatic hydroxyl groups is 1. The lowest BCUT2D eigenvalue weighted by Gasteiger charge is -2.14. The molecule has 1 atom stereocenters. The van der Waals surface area contributed by atoms with E-state index in [0.29, 0.717) is 6.42 Å². The van der Waals surface area contributed by atoms with Gasteiger partial charge in [0.1, 0.15) is 0 Å². The Labute approximate surface area is 150 Å². The fourth-order valence-corrected chi connectivity index (χ4v) is 2.72. The Morgan fingerprint density at radius 1 is 1.12 bits per heavy atom. The first-order valence-corrected chi connectivity index (χ1v) is 8.81. The third-order valence-electron chi connectivity index (χ3n) is 4.38. The zero-order chi connectivity index (χ0) is 18.2. The number of amides is 1. The molecule has 4 heteroatoms. The lowest BCUT2D eigenvalue weighted by atomic mass is 10.1. The van der Waals surface area contributed by atoms with Crippen molar-refractivity contribution in [3.63, 3.8) is 0 Å². The van der Waals surface area contributed by atoms with Gasteiger partial charge in [0.15, 0.2) is 0 Å². The van der Waals surface area contributed by atoms with Crippen LogP contribution in [-0.4, -0.2) is 23.7 Å². The number of hydrogen-bond acceptors (Lipinski definition) is 3. The molecule has 2 aromatic carbocycles. The van der Waals surface area contributed by atoms with Gasteiger partial charge in [0.25, 0.3) is 0 Å². The second kappa shape index (κ2) is 9.23. The first-order chi connectivity index (χ1) is 12.0. The maximum absolute atomic E-state index is 12.0. The van der Waals surface area contributed by atoms with Crippen molar-refractivity contribution in [1.82, 2.24) is 5.32 Å². The molecule has 134 valence electrons. The van der Waals surface area contributed by atoms with Crippen LogP contribution in [0.25, 0.3) is 0 Å². The standard InChI is InChI=1S/C21H28N2O2/c1-4-19(14-24)23-21(25)12-17-6-9-20(10-7-17)22-13-18-8-5-15(2)11-16(18)3/h5-11,19,22,24H,4,12-14H2,1-3H3,(H,23,25). The predicted octanol–water partition coefficient (Wildman–Crippen LogP) is 3.35. The van der Waals surface area contributed by atoms with Gasteiger partial charge in [-0.15, -0.1) is 0 Å². The summed E-state index contributed by atoms with van der Waals surface area (Å²) in [5.41, 5.74) is 5.84. The minimum absolute atomic E-state index is 0.0243. The van der Waals surface area contributed by atoms with E-state index in [1.54, 1.807) is 0 Å². The summed E-state index contributed by atoms with van der Waals surface area (Å²) in [5.74, 6) is -0.0584. The van der Waals surface area contributed by atoms with Crippen molar-refractivity contribution in [1.29, 1.82) is 0 Å². The molecule has 0 aromatic heterocycles. The van der Waals surface area contributed by atoms with Crippen LogP contribution >= 0.6 is 0 Å². The van der Waals surface area contributed by atoms with E-state index in [9.17, 15) is 4.79 Å². The van der Waals surface area contributed by atoms with Crippen LogP contribution < -0.4 is 10.6 Å². The molecule has 1 unspecified atom stereocenters.